The minimum atomic E-state index is -3.83. The molecule has 0 saturated heterocycles. The van der Waals surface area contributed by atoms with Crippen LogP contribution in [0.1, 0.15) is 0 Å². The van der Waals surface area contributed by atoms with Gasteiger partial charge < -0.3 is 5.73 Å². The molecule has 0 amide bonds. The predicted octanol–water partition coefficient (Wildman–Crippen LogP) is 3.64. The standard InChI is InChI=1S/C11H8Br2ClN3O2S/c12-6-1-2-10(9(14)3-6)20(18,19)17-11-8(13)4-7(15)5-16-11/h1-5H,15H2,(H,16,17). The van der Waals surface area contributed by atoms with Gasteiger partial charge in [0.25, 0.3) is 10.0 Å². The van der Waals surface area contributed by atoms with Gasteiger partial charge in [-0.1, -0.05) is 27.5 Å². The number of nitrogens with two attached hydrogens (primary N) is 1. The van der Waals surface area contributed by atoms with Crippen molar-refractivity contribution in [3.05, 3.63) is 44.4 Å². The fraction of sp³-hybridized carbons (Fsp3) is 0. The van der Waals surface area contributed by atoms with Crippen LogP contribution in [0.25, 0.3) is 0 Å². The van der Waals surface area contributed by atoms with Gasteiger partial charge in [-0.05, 0) is 40.2 Å². The lowest BCUT2D eigenvalue weighted by Gasteiger charge is -2.10. The fourth-order valence-corrected chi connectivity index (χ4v) is 4.07. The molecule has 0 fully saturated rings. The number of anilines is 2. The van der Waals surface area contributed by atoms with Crippen LogP contribution in [0, 0.1) is 0 Å². The Morgan fingerprint density at radius 1 is 1.25 bits per heavy atom. The van der Waals surface area contributed by atoms with Gasteiger partial charge in [-0.2, -0.15) is 0 Å². The third kappa shape index (κ3) is 3.43. The van der Waals surface area contributed by atoms with Crippen LogP contribution in [0.3, 0.4) is 0 Å². The number of pyridine rings is 1. The predicted molar refractivity (Wildman–Crippen MR) is 86.3 cm³/mol. The molecule has 1 aromatic heterocycles. The number of benzene rings is 1. The van der Waals surface area contributed by atoms with Crippen molar-refractivity contribution in [2.75, 3.05) is 10.5 Å². The van der Waals surface area contributed by atoms with Crippen molar-refractivity contribution in [3.8, 4) is 0 Å². The van der Waals surface area contributed by atoms with Crippen LogP contribution in [0.2, 0.25) is 5.02 Å². The van der Waals surface area contributed by atoms with E-state index >= 15 is 0 Å². The first-order valence-corrected chi connectivity index (χ1v) is 8.63. The SMILES string of the molecule is Nc1cnc(NS(=O)(=O)c2ccc(Br)cc2Cl)c(Br)c1. The number of nitrogens with zero attached hydrogens (tertiary/aromatic N) is 1. The van der Waals surface area contributed by atoms with Crippen molar-refractivity contribution < 1.29 is 8.42 Å². The maximum Gasteiger partial charge on any atom is 0.264 e. The van der Waals surface area contributed by atoms with E-state index in [1.165, 1.54) is 18.3 Å². The molecule has 0 saturated carbocycles. The van der Waals surface area contributed by atoms with Crippen LogP contribution < -0.4 is 10.5 Å². The quantitative estimate of drug-likeness (QED) is 0.762. The molecule has 0 unspecified atom stereocenters. The molecular formula is C11H8Br2ClN3O2S. The summed E-state index contributed by atoms with van der Waals surface area (Å²) >= 11 is 12.4. The fourth-order valence-electron chi connectivity index (χ4n) is 1.40. The largest absolute Gasteiger partial charge is 0.397 e. The van der Waals surface area contributed by atoms with E-state index in [9.17, 15) is 8.42 Å². The molecule has 1 heterocycles. The maximum absolute atomic E-state index is 12.3. The number of halogens is 3. The third-order valence-electron chi connectivity index (χ3n) is 2.28. The van der Waals surface area contributed by atoms with Gasteiger partial charge >= 0.3 is 0 Å². The summed E-state index contributed by atoms with van der Waals surface area (Å²) in [5.41, 5.74) is 5.97. The van der Waals surface area contributed by atoms with Gasteiger partial charge in [0.2, 0.25) is 0 Å². The first-order valence-electron chi connectivity index (χ1n) is 5.18. The molecule has 0 radical (unpaired) electrons. The number of aromatic nitrogens is 1. The highest BCUT2D eigenvalue weighted by Crippen LogP contribution is 2.29. The summed E-state index contributed by atoms with van der Waals surface area (Å²) in [5, 5.41) is 0.110. The normalized spacial score (nSPS) is 11.3. The Hall–Kier alpha value is -0.830. The van der Waals surface area contributed by atoms with Crippen LogP contribution in [-0.4, -0.2) is 13.4 Å². The second kappa shape index (κ2) is 5.88. The molecule has 0 bridgehead atoms. The minimum Gasteiger partial charge on any atom is -0.397 e. The molecule has 9 heteroatoms. The van der Waals surface area contributed by atoms with Gasteiger partial charge in [-0.15, -0.1) is 0 Å². The van der Waals surface area contributed by atoms with E-state index in [4.69, 9.17) is 17.3 Å². The molecule has 3 N–H and O–H groups in total. The monoisotopic (exact) mass is 439 g/mol. The highest BCUT2D eigenvalue weighted by atomic mass is 79.9. The van der Waals surface area contributed by atoms with Gasteiger partial charge in [0.1, 0.15) is 4.90 Å². The van der Waals surface area contributed by atoms with Crippen LogP contribution >= 0.6 is 43.5 Å². The van der Waals surface area contributed by atoms with Crippen molar-refractivity contribution in [3.63, 3.8) is 0 Å². The number of sulfonamides is 1. The van der Waals surface area contributed by atoms with Gasteiger partial charge in [-0.3, -0.25) is 4.72 Å². The molecule has 2 rings (SSSR count). The Bertz CT molecular complexity index is 768. The second-order valence-electron chi connectivity index (χ2n) is 3.78. The summed E-state index contributed by atoms with van der Waals surface area (Å²) in [5.74, 6) is 0.137. The third-order valence-corrected chi connectivity index (χ3v) is 5.20. The first kappa shape index (κ1) is 15.6. The van der Waals surface area contributed by atoms with Crippen LogP contribution in [0.15, 0.2) is 44.3 Å². The lowest BCUT2D eigenvalue weighted by molar-refractivity contribution is 0.601. The summed E-state index contributed by atoms with van der Waals surface area (Å²) < 4.78 is 28.0. The zero-order valence-electron chi connectivity index (χ0n) is 9.77. The Kier molecular flexibility index (Phi) is 4.58. The molecule has 20 heavy (non-hydrogen) atoms. The Labute approximate surface area is 137 Å². The molecule has 0 aliphatic carbocycles. The molecule has 0 aliphatic rings. The zero-order chi connectivity index (χ0) is 14.9. The second-order valence-corrected chi connectivity index (χ2v) is 7.61. The molecular weight excluding hydrogens is 433 g/mol. The summed E-state index contributed by atoms with van der Waals surface area (Å²) in [7, 11) is -3.83. The first-order chi connectivity index (χ1) is 9.29. The van der Waals surface area contributed by atoms with Crippen LogP contribution in [0.4, 0.5) is 11.5 Å². The topological polar surface area (TPSA) is 85.1 Å². The summed E-state index contributed by atoms with van der Waals surface area (Å²) in [4.78, 5) is 3.89. The smallest absolute Gasteiger partial charge is 0.264 e. The maximum atomic E-state index is 12.3. The highest BCUT2D eigenvalue weighted by Gasteiger charge is 2.20. The van der Waals surface area contributed by atoms with E-state index in [1.54, 1.807) is 12.1 Å². The van der Waals surface area contributed by atoms with E-state index in [1.807, 2.05) is 0 Å². The number of rotatable bonds is 3. The lowest BCUT2D eigenvalue weighted by atomic mass is 10.4. The average molecular weight is 442 g/mol. The molecule has 5 nitrogen and oxygen atoms in total. The molecule has 2 aromatic rings. The summed E-state index contributed by atoms with van der Waals surface area (Å²) in [6.45, 7) is 0. The highest BCUT2D eigenvalue weighted by molar-refractivity contribution is 9.10. The van der Waals surface area contributed by atoms with Crippen molar-refractivity contribution in [1.82, 2.24) is 4.98 Å². The van der Waals surface area contributed by atoms with E-state index in [2.05, 4.69) is 41.6 Å². The zero-order valence-corrected chi connectivity index (χ0v) is 14.5. The Morgan fingerprint density at radius 3 is 2.55 bits per heavy atom. The van der Waals surface area contributed by atoms with E-state index < -0.39 is 10.0 Å². The van der Waals surface area contributed by atoms with E-state index in [0.717, 1.165) is 0 Å². The Balaban J connectivity index is 2.41. The lowest BCUT2D eigenvalue weighted by Crippen LogP contribution is -2.15. The molecule has 0 aliphatic heterocycles. The molecule has 0 spiro atoms. The molecule has 1 aromatic carbocycles. The van der Waals surface area contributed by atoms with Gasteiger partial charge in [-0.25, -0.2) is 13.4 Å². The van der Waals surface area contributed by atoms with Crippen LogP contribution in [0.5, 0.6) is 0 Å². The van der Waals surface area contributed by atoms with Gasteiger partial charge in [0.15, 0.2) is 5.82 Å². The van der Waals surface area contributed by atoms with E-state index in [-0.39, 0.29) is 15.7 Å². The molecule has 0 atom stereocenters. The van der Waals surface area contributed by atoms with Gasteiger partial charge in [0.05, 0.1) is 21.4 Å². The van der Waals surface area contributed by atoms with Crippen molar-refractivity contribution in [1.29, 1.82) is 0 Å². The minimum absolute atomic E-state index is 0.0344. The van der Waals surface area contributed by atoms with Crippen molar-refractivity contribution in [2.24, 2.45) is 0 Å². The van der Waals surface area contributed by atoms with Crippen LogP contribution in [-0.2, 0) is 10.0 Å². The summed E-state index contributed by atoms with van der Waals surface area (Å²) in [6, 6.07) is 6.04. The van der Waals surface area contributed by atoms with E-state index in [0.29, 0.717) is 14.6 Å². The number of hydrogen-bond donors (Lipinski definition) is 2. The van der Waals surface area contributed by atoms with Crippen molar-refractivity contribution in [2.45, 2.75) is 4.90 Å². The number of nitrogen functional groups attached to an aromatic ring is 1. The molecule has 106 valence electrons. The Morgan fingerprint density at radius 2 is 1.95 bits per heavy atom. The van der Waals surface area contributed by atoms with Gasteiger partial charge in [0, 0.05) is 4.47 Å². The summed E-state index contributed by atoms with van der Waals surface area (Å²) in [6.07, 6.45) is 1.35. The average Bonchev–Trinajstić information content (AvgIpc) is 2.32. The number of nitrogens with one attached hydrogen (secondary N) is 1. The number of hydrogen-bond acceptors (Lipinski definition) is 4. The van der Waals surface area contributed by atoms with Crippen molar-refractivity contribution >= 4 is 65.0 Å².